The lowest BCUT2D eigenvalue weighted by Crippen LogP contribution is -2.13. The first-order valence-electron chi connectivity index (χ1n) is 7.57. The second kappa shape index (κ2) is 8.25. The monoisotopic (exact) mass is 336 g/mol. The van der Waals surface area contributed by atoms with Crippen LogP contribution in [0.1, 0.15) is 19.4 Å². The number of carbonyl (C=O) groups excluding carboxylic acids is 1. The van der Waals surface area contributed by atoms with Gasteiger partial charge >= 0.3 is 13.6 Å². The van der Waals surface area contributed by atoms with Crippen LogP contribution in [0.5, 0.6) is 0 Å². The van der Waals surface area contributed by atoms with Crippen LogP contribution in [-0.4, -0.2) is 25.3 Å². The highest BCUT2D eigenvalue weighted by Gasteiger charge is 2.28. The first-order chi connectivity index (χ1) is 11.1. The molecule has 0 amide bonds. The molecule has 0 bridgehead atoms. The molecule has 0 heterocycles. The molecule has 0 aliphatic heterocycles. The van der Waals surface area contributed by atoms with Gasteiger partial charge in [0.1, 0.15) is 12.8 Å². The van der Waals surface area contributed by atoms with Gasteiger partial charge in [-0.2, -0.15) is 0 Å². The Bertz CT molecular complexity index is 703. The topological polar surface area (TPSA) is 61.8 Å². The van der Waals surface area contributed by atoms with E-state index in [0.717, 1.165) is 16.3 Å². The maximum Gasteiger partial charge on any atom is 0.341 e. The van der Waals surface area contributed by atoms with Crippen molar-refractivity contribution in [1.29, 1.82) is 0 Å². The van der Waals surface area contributed by atoms with Gasteiger partial charge in [-0.1, -0.05) is 36.4 Å². The molecular formula is C17H21O5P. The minimum Gasteiger partial charge on any atom is -0.460 e. The fourth-order valence-electron chi connectivity index (χ4n) is 2.22. The molecule has 0 radical (unpaired) electrons. The van der Waals surface area contributed by atoms with Gasteiger partial charge in [0.2, 0.25) is 0 Å². The Balaban J connectivity index is 1.95. The summed E-state index contributed by atoms with van der Waals surface area (Å²) >= 11 is 0. The summed E-state index contributed by atoms with van der Waals surface area (Å²) in [6, 6.07) is 13.8. The second-order valence-corrected chi connectivity index (χ2v) is 7.00. The summed E-state index contributed by atoms with van der Waals surface area (Å²) in [4.78, 5) is 11.9. The van der Waals surface area contributed by atoms with Crippen molar-refractivity contribution in [2.24, 2.45) is 0 Å². The number of esters is 1. The molecule has 124 valence electrons. The lowest BCUT2D eigenvalue weighted by Gasteiger charge is -2.16. The van der Waals surface area contributed by atoms with Gasteiger partial charge in [-0.15, -0.1) is 0 Å². The predicted octanol–water partition coefficient (Wildman–Crippen LogP) is 4.15. The molecule has 0 atom stereocenters. The standard InChI is InChI=1S/C17H21O5P/c1-3-21-23(19,22-4-2)13-17(18)20-12-14-9-10-15-7-5-6-8-16(15)11-14/h5-11H,3-4,12-13H2,1-2H3. The number of rotatable bonds is 8. The number of ether oxygens (including phenoxy) is 1. The first kappa shape index (κ1) is 17.7. The minimum absolute atomic E-state index is 0.127. The van der Waals surface area contributed by atoms with Crippen LogP contribution >= 0.6 is 7.60 Å². The summed E-state index contributed by atoms with van der Waals surface area (Å²) in [5.74, 6) is -0.594. The van der Waals surface area contributed by atoms with Crippen LogP contribution < -0.4 is 0 Å². The van der Waals surface area contributed by atoms with Crippen molar-refractivity contribution in [3.63, 3.8) is 0 Å². The van der Waals surface area contributed by atoms with Crippen molar-refractivity contribution in [3.8, 4) is 0 Å². The molecule has 0 saturated heterocycles. The quantitative estimate of drug-likeness (QED) is 0.535. The van der Waals surface area contributed by atoms with E-state index in [1.807, 2.05) is 42.5 Å². The van der Waals surface area contributed by atoms with Crippen molar-refractivity contribution >= 4 is 24.3 Å². The Morgan fingerprint density at radius 2 is 1.65 bits per heavy atom. The van der Waals surface area contributed by atoms with Gasteiger partial charge in [0.05, 0.1) is 13.2 Å². The van der Waals surface area contributed by atoms with E-state index in [4.69, 9.17) is 13.8 Å². The Labute approximate surface area is 136 Å². The van der Waals surface area contributed by atoms with Crippen LogP contribution in [0.25, 0.3) is 10.8 Å². The smallest absolute Gasteiger partial charge is 0.341 e. The van der Waals surface area contributed by atoms with E-state index < -0.39 is 13.6 Å². The number of hydrogen-bond acceptors (Lipinski definition) is 5. The Morgan fingerprint density at radius 1 is 1.00 bits per heavy atom. The van der Waals surface area contributed by atoms with Gasteiger partial charge in [0.15, 0.2) is 0 Å². The lowest BCUT2D eigenvalue weighted by molar-refractivity contribution is -0.142. The number of benzene rings is 2. The highest BCUT2D eigenvalue weighted by Crippen LogP contribution is 2.47. The Kier molecular flexibility index (Phi) is 6.34. The third kappa shape index (κ3) is 5.17. The predicted molar refractivity (Wildman–Crippen MR) is 89.5 cm³/mol. The SMILES string of the molecule is CCOP(=O)(CC(=O)OCc1ccc2ccccc2c1)OCC. The fourth-order valence-corrected chi connectivity index (χ4v) is 3.67. The normalized spacial score (nSPS) is 11.6. The molecule has 2 aromatic carbocycles. The van der Waals surface area contributed by atoms with Gasteiger partial charge in [0.25, 0.3) is 0 Å². The maximum absolute atomic E-state index is 12.3. The first-order valence-corrected chi connectivity index (χ1v) is 9.30. The van der Waals surface area contributed by atoms with Crippen LogP contribution in [-0.2, 0) is 29.8 Å². The third-order valence-corrected chi connectivity index (χ3v) is 5.14. The summed E-state index contributed by atoms with van der Waals surface area (Å²) in [5, 5.41) is 2.20. The molecule has 5 nitrogen and oxygen atoms in total. The summed E-state index contributed by atoms with van der Waals surface area (Å²) in [7, 11) is -3.41. The van der Waals surface area contributed by atoms with E-state index in [2.05, 4.69) is 0 Å². The van der Waals surface area contributed by atoms with E-state index in [-0.39, 0.29) is 26.0 Å². The molecule has 23 heavy (non-hydrogen) atoms. The molecule has 0 fully saturated rings. The second-order valence-electron chi connectivity index (χ2n) is 4.95. The van der Waals surface area contributed by atoms with Crippen LogP contribution in [0.3, 0.4) is 0 Å². The van der Waals surface area contributed by atoms with Gasteiger partial charge in [-0.25, -0.2) is 0 Å². The van der Waals surface area contributed by atoms with Crippen molar-refractivity contribution < 1.29 is 23.1 Å². The maximum atomic E-state index is 12.3. The number of carbonyl (C=O) groups is 1. The molecule has 0 unspecified atom stereocenters. The highest BCUT2D eigenvalue weighted by molar-refractivity contribution is 7.54. The molecule has 0 aromatic heterocycles. The zero-order valence-corrected chi connectivity index (χ0v) is 14.3. The summed E-state index contributed by atoms with van der Waals surface area (Å²) in [5.41, 5.74) is 0.875. The van der Waals surface area contributed by atoms with E-state index in [1.54, 1.807) is 13.8 Å². The number of fused-ring (bicyclic) bond motifs is 1. The van der Waals surface area contributed by atoms with Crippen LogP contribution in [0, 0.1) is 0 Å². The zero-order chi connectivity index (χ0) is 16.7. The Hall–Kier alpha value is -1.68. The molecule has 0 aliphatic carbocycles. The van der Waals surface area contributed by atoms with Crippen LogP contribution in [0.15, 0.2) is 42.5 Å². The van der Waals surface area contributed by atoms with Gasteiger partial charge in [0, 0.05) is 0 Å². The molecule has 0 N–H and O–H groups in total. The highest BCUT2D eigenvalue weighted by atomic mass is 31.2. The minimum atomic E-state index is -3.41. The summed E-state index contributed by atoms with van der Waals surface area (Å²) < 4.78 is 27.6. The van der Waals surface area contributed by atoms with E-state index in [0.29, 0.717) is 0 Å². The fraction of sp³-hybridized carbons (Fsp3) is 0.353. The van der Waals surface area contributed by atoms with Gasteiger partial charge < -0.3 is 13.8 Å². The van der Waals surface area contributed by atoms with Crippen molar-refractivity contribution in [1.82, 2.24) is 0 Å². The molecule has 0 spiro atoms. The average molecular weight is 336 g/mol. The number of hydrogen-bond donors (Lipinski definition) is 0. The van der Waals surface area contributed by atoms with Crippen molar-refractivity contribution in [3.05, 3.63) is 48.0 Å². The molecule has 6 heteroatoms. The third-order valence-electron chi connectivity index (χ3n) is 3.19. The molecule has 2 rings (SSSR count). The average Bonchev–Trinajstić information content (AvgIpc) is 2.53. The Morgan fingerprint density at radius 3 is 2.30 bits per heavy atom. The molecule has 0 aliphatic rings. The zero-order valence-electron chi connectivity index (χ0n) is 13.4. The summed E-state index contributed by atoms with van der Waals surface area (Å²) in [6.45, 7) is 3.96. The summed E-state index contributed by atoms with van der Waals surface area (Å²) in [6.07, 6.45) is -0.373. The van der Waals surface area contributed by atoms with E-state index in [9.17, 15) is 9.36 Å². The van der Waals surface area contributed by atoms with E-state index >= 15 is 0 Å². The lowest BCUT2D eigenvalue weighted by atomic mass is 10.1. The molecular weight excluding hydrogens is 315 g/mol. The van der Waals surface area contributed by atoms with Gasteiger partial charge in [-0.3, -0.25) is 9.36 Å². The van der Waals surface area contributed by atoms with E-state index in [1.165, 1.54) is 0 Å². The van der Waals surface area contributed by atoms with Crippen molar-refractivity contribution in [2.45, 2.75) is 20.5 Å². The molecule has 2 aromatic rings. The van der Waals surface area contributed by atoms with Crippen molar-refractivity contribution in [2.75, 3.05) is 19.4 Å². The largest absolute Gasteiger partial charge is 0.460 e. The molecule has 0 saturated carbocycles. The van der Waals surface area contributed by atoms with Crippen LogP contribution in [0.4, 0.5) is 0 Å². The van der Waals surface area contributed by atoms with Gasteiger partial charge in [-0.05, 0) is 36.2 Å². The van der Waals surface area contributed by atoms with Crippen LogP contribution in [0.2, 0.25) is 0 Å².